The lowest BCUT2D eigenvalue weighted by molar-refractivity contribution is -0.384. The highest BCUT2D eigenvalue weighted by molar-refractivity contribution is 6.08. The number of carbonyl (C=O) groups is 1. The number of hydrogen-bond acceptors (Lipinski definition) is 5. The van der Waals surface area contributed by atoms with Crippen LogP contribution in [0.1, 0.15) is 33.1 Å². The first-order valence-corrected chi connectivity index (χ1v) is 11.0. The Morgan fingerprint density at radius 3 is 2.60 bits per heavy atom. The summed E-state index contributed by atoms with van der Waals surface area (Å²) in [6.07, 6.45) is 1.58. The lowest BCUT2D eigenvalue weighted by Gasteiger charge is -2.12. The number of hydrazone groups is 1. The second-order valence-corrected chi connectivity index (χ2v) is 8.40. The summed E-state index contributed by atoms with van der Waals surface area (Å²) in [6.45, 7) is 5.72. The first-order chi connectivity index (χ1) is 16.8. The van der Waals surface area contributed by atoms with E-state index in [0.29, 0.717) is 5.58 Å². The third-order valence-corrected chi connectivity index (χ3v) is 6.12. The van der Waals surface area contributed by atoms with Gasteiger partial charge < -0.3 is 8.98 Å². The largest absolute Gasteiger partial charge is 0.451 e. The Hall–Kier alpha value is -4.72. The van der Waals surface area contributed by atoms with E-state index in [-0.39, 0.29) is 11.4 Å². The molecule has 0 aliphatic heterocycles. The van der Waals surface area contributed by atoms with E-state index in [1.165, 1.54) is 6.07 Å². The number of aromatic nitrogens is 1. The monoisotopic (exact) mass is 466 g/mol. The molecule has 0 radical (unpaired) electrons. The molecule has 0 aliphatic rings. The molecule has 0 unspecified atom stereocenters. The highest BCUT2D eigenvalue weighted by Gasteiger charge is 2.16. The van der Waals surface area contributed by atoms with Crippen LogP contribution >= 0.6 is 0 Å². The van der Waals surface area contributed by atoms with Crippen molar-refractivity contribution in [3.8, 4) is 5.69 Å². The maximum Gasteiger partial charge on any atom is 0.307 e. The number of carbonyl (C=O) groups excluding carboxylic acids is 1. The van der Waals surface area contributed by atoms with E-state index in [1.807, 2.05) is 67.8 Å². The highest BCUT2D eigenvalue weighted by Crippen LogP contribution is 2.28. The Balaban J connectivity index is 1.38. The number of benzene rings is 3. The van der Waals surface area contributed by atoms with Crippen molar-refractivity contribution in [2.24, 2.45) is 5.10 Å². The van der Waals surface area contributed by atoms with E-state index in [1.54, 1.807) is 24.4 Å². The summed E-state index contributed by atoms with van der Waals surface area (Å²) in [5, 5.41) is 18.2. The predicted molar refractivity (Wildman–Crippen MR) is 135 cm³/mol. The zero-order valence-corrected chi connectivity index (χ0v) is 19.4. The third kappa shape index (κ3) is 3.95. The van der Waals surface area contributed by atoms with Gasteiger partial charge in [-0.05, 0) is 61.4 Å². The quantitative estimate of drug-likeness (QED) is 0.196. The minimum Gasteiger partial charge on any atom is -0.451 e. The van der Waals surface area contributed by atoms with Gasteiger partial charge in [-0.1, -0.05) is 30.3 Å². The van der Waals surface area contributed by atoms with Crippen LogP contribution < -0.4 is 5.43 Å². The van der Waals surface area contributed by atoms with Crippen molar-refractivity contribution < 1.29 is 14.1 Å². The molecule has 2 heterocycles. The number of nitro benzene ring substituents is 1. The van der Waals surface area contributed by atoms with E-state index >= 15 is 0 Å². The second kappa shape index (κ2) is 8.57. The van der Waals surface area contributed by atoms with E-state index in [4.69, 9.17) is 4.42 Å². The van der Waals surface area contributed by atoms with Crippen LogP contribution in [0.25, 0.3) is 27.4 Å². The summed E-state index contributed by atoms with van der Waals surface area (Å²) in [4.78, 5) is 23.3. The van der Waals surface area contributed by atoms with Crippen molar-refractivity contribution in [1.29, 1.82) is 0 Å². The van der Waals surface area contributed by atoms with Gasteiger partial charge in [-0.25, -0.2) is 5.43 Å². The molecular formula is C27H22N4O4. The fraction of sp³-hybridized carbons (Fsp3) is 0.111. The molecule has 1 amide bonds. The van der Waals surface area contributed by atoms with E-state index in [2.05, 4.69) is 10.5 Å². The van der Waals surface area contributed by atoms with Gasteiger partial charge in [0.1, 0.15) is 5.58 Å². The predicted octanol–water partition coefficient (Wildman–Crippen LogP) is 5.97. The number of hydrogen-bond donors (Lipinski definition) is 1. The lowest BCUT2D eigenvalue weighted by Crippen LogP contribution is -2.16. The van der Waals surface area contributed by atoms with E-state index in [0.717, 1.165) is 44.4 Å². The van der Waals surface area contributed by atoms with Crippen LogP contribution in [-0.2, 0) is 0 Å². The van der Waals surface area contributed by atoms with Crippen LogP contribution in [-0.4, -0.2) is 21.6 Å². The van der Waals surface area contributed by atoms with Gasteiger partial charge in [-0.15, -0.1) is 0 Å². The minimum absolute atomic E-state index is 0.0526. The van der Waals surface area contributed by atoms with Gasteiger partial charge in [0.2, 0.25) is 0 Å². The highest BCUT2D eigenvalue weighted by atomic mass is 16.6. The summed E-state index contributed by atoms with van der Waals surface area (Å²) < 4.78 is 7.75. The number of furan rings is 1. The molecule has 0 bridgehead atoms. The minimum atomic E-state index is -0.443. The molecule has 3 aromatic carbocycles. The van der Waals surface area contributed by atoms with Gasteiger partial charge in [-0.3, -0.25) is 14.9 Å². The molecule has 8 heteroatoms. The number of nitro groups is 1. The van der Waals surface area contributed by atoms with Crippen molar-refractivity contribution in [2.45, 2.75) is 20.8 Å². The average molecular weight is 466 g/mol. The third-order valence-electron chi connectivity index (χ3n) is 6.12. The zero-order chi connectivity index (χ0) is 24.7. The van der Waals surface area contributed by atoms with Gasteiger partial charge in [0.15, 0.2) is 5.76 Å². The summed E-state index contributed by atoms with van der Waals surface area (Å²) >= 11 is 0. The molecule has 0 atom stereocenters. The van der Waals surface area contributed by atoms with Crippen LogP contribution in [0, 0.1) is 30.9 Å². The number of fused-ring (bicyclic) bond motifs is 3. The number of rotatable bonds is 5. The molecule has 35 heavy (non-hydrogen) atoms. The number of nitrogens with one attached hydrogen (secondary N) is 1. The average Bonchev–Trinajstić information content (AvgIpc) is 3.40. The summed E-state index contributed by atoms with van der Waals surface area (Å²) in [5.41, 5.74) is 7.52. The smallest absolute Gasteiger partial charge is 0.307 e. The van der Waals surface area contributed by atoms with Gasteiger partial charge in [0.05, 0.1) is 11.1 Å². The molecule has 174 valence electrons. The normalized spacial score (nSPS) is 11.5. The Bertz CT molecular complexity index is 1660. The Morgan fingerprint density at radius 2 is 1.83 bits per heavy atom. The maximum atomic E-state index is 12.7. The first kappa shape index (κ1) is 22.1. The summed E-state index contributed by atoms with van der Waals surface area (Å²) in [6, 6.07) is 20.2. The SMILES string of the molecule is Cc1cc([N+](=O)[O-])ccc1-n1c(C)cc(C=NNC(=O)c2cc3c(ccc4ccccc43)o2)c1C. The molecule has 8 nitrogen and oxygen atoms in total. The lowest BCUT2D eigenvalue weighted by atomic mass is 10.1. The van der Waals surface area contributed by atoms with E-state index in [9.17, 15) is 14.9 Å². The molecule has 0 fully saturated rings. The van der Waals surface area contributed by atoms with Crippen LogP contribution in [0.5, 0.6) is 0 Å². The first-order valence-electron chi connectivity index (χ1n) is 11.0. The number of non-ortho nitro benzene ring substituents is 1. The Kier molecular flexibility index (Phi) is 5.41. The van der Waals surface area contributed by atoms with Gasteiger partial charge in [-0.2, -0.15) is 5.10 Å². The van der Waals surface area contributed by atoms with Crippen molar-refractivity contribution in [3.05, 3.63) is 105 Å². The molecule has 1 N–H and O–H groups in total. The fourth-order valence-electron chi connectivity index (χ4n) is 4.41. The number of nitrogens with zero attached hydrogens (tertiary/aromatic N) is 3. The Labute approximate surface area is 200 Å². The topological polar surface area (TPSA) is 103 Å². The van der Waals surface area contributed by atoms with E-state index < -0.39 is 10.8 Å². The fourth-order valence-corrected chi connectivity index (χ4v) is 4.41. The number of amides is 1. The molecule has 5 aromatic rings. The van der Waals surface area contributed by atoms with Crippen LogP contribution in [0.2, 0.25) is 0 Å². The van der Waals surface area contributed by atoms with Crippen molar-refractivity contribution in [2.75, 3.05) is 0 Å². The second-order valence-electron chi connectivity index (χ2n) is 8.40. The Morgan fingerprint density at radius 1 is 1.03 bits per heavy atom. The standard InChI is InChI=1S/C27H22N4O4/c1-16-12-21(31(33)34)9-10-24(16)30-17(2)13-20(18(30)3)15-28-29-27(32)26-14-23-22-7-5-4-6-19(22)8-11-25(23)35-26/h4-15H,1-3H3,(H,29,32). The van der Waals surface area contributed by atoms with Crippen molar-refractivity contribution >= 4 is 39.6 Å². The summed E-state index contributed by atoms with van der Waals surface area (Å²) in [7, 11) is 0. The molecule has 0 aliphatic carbocycles. The molecule has 0 saturated heterocycles. The van der Waals surface area contributed by atoms with Gasteiger partial charge in [0.25, 0.3) is 5.69 Å². The molecule has 0 saturated carbocycles. The molecule has 0 spiro atoms. The van der Waals surface area contributed by atoms with Crippen molar-refractivity contribution in [1.82, 2.24) is 9.99 Å². The summed E-state index contributed by atoms with van der Waals surface area (Å²) in [5.74, 6) is -0.262. The maximum absolute atomic E-state index is 12.7. The molecule has 5 rings (SSSR count). The van der Waals surface area contributed by atoms with Crippen LogP contribution in [0.3, 0.4) is 0 Å². The van der Waals surface area contributed by atoms with Gasteiger partial charge in [0, 0.05) is 40.2 Å². The number of aryl methyl sites for hydroxylation is 2. The van der Waals surface area contributed by atoms with Crippen molar-refractivity contribution in [3.63, 3.8) is 0 Å². The molecule has 2 aromatic heterocycles. The van der Waals surface area contributed by atoms with Crippen LogP contribution in [0.4, 0.5) is 5.69 Å². The van der Waals surface area contributed by atoms with Crippen LogP contribution in [0.15, 0.2) is 76.2 Å². The molecular weight excluding hydrogens is 444 g/mol. The van der Waals surface area contributed by atoms with Gasteiger partial charge >= 0.3 is 5.91 Å². The zero-order valence-electron chi connectivity index (χ0n) is 19.4.